The molecule has 1 N–H and O–H groups in total. The van der Waals surface area contributed by atoms with E-state index in [1.165, 1.54) is 11.3 Å². The molecule has 0 aliphatic carbocycles. The summed E-state index contributed by atoms with van der Waals surface area (Å²) in [5.74, 6) is 0.0413. The van der Waals surface area contributed by atoms with Gasteiger partial charge in [0.05, 0.1) is 6.61 Å². The van der Waals surface area contributed by atoms with Gasteiger partial charge in [0.2, 0.25) is 0 Å². The highest BCUT2D eigenvalue weighted by atomic mass is 32.1. The van der Waals surface area contributed by atoms with Crippen LogP contribution in [0.25, 0.3) is 10.3 Å². The third kappa shape index (κ3) is 2.59. The lowest BCUT2D eigenvalue weighted by Crippen LogP contribution is -2.17. The molecule has 96 valence electrons. The second-order valence-corrected chi connectivity index (χ2v) is 4.95. The summed E-state index contributed by atoms with van der Waals surface area (Å²) in [6.07, 6.45) is 0. The molecule has 0 aliphatic heterocycles. The molecule has 0 aliphatic rings. The predicted molar refractivity (Wildman–Crippen MR) is 72.1 cm³/mol. The first kappa shape index (κ1) is 12.8. The highest BCUT2D eigenvalue weighted by molar-refractivity contribution is 7.16. The van der Waals surface area contributed by atoms with Gasteiger partial charge in [-0.3, -0.25) is 0 Å². The fourth-order valence-electron chi connectivity index (χ4n) is 1.51. The first-order valence-corrected chi connectivity index (χ1v) is 6.68. The van der Waals surface area contributed by atoms with Gasteiger partial charge in [-0.2, -0.15) is 0 Å². The minimum absolute atomic E-state index is 0.171. The first-order chi connectivity index (χ1) is 8.61. The van der Waals surface area contributed by atoms with Crippen molar-refractivity contribution in [3.63, 3.8) is 0 Å². The minimum atomic E-state index is -0.443. The molecule has 0 amide bonds. The second-order valence-electron chi connectivity index (χ2n) is 4.05. The van der Waals surface area contributed by atoms with Crippen LogP contribution in [0.4, 0.5) is 5.82 Å². The van der Waals surface area contributed by atoms with Crippen LogP contribution >= 0.6 is 11.3 Å². The number of hydrogen-bond acceptors (Lipinski definition) is 6. The summed E-state index contributed by atoms with van der Waals surface area (Å²) in [6.45, 7) is 6.05. The monoisotopic (exact) mass is 265 g/mol. The Morgan fingerprint density at radius 1 is 1.50 bits per heavy atom. The van der Waals surface area contributed by atoms with Crippen molar-refractivity contribution in [1.29, 1.82) is 0 Å². The number of esters is 1. The van der Waals surface area contributed by atoms with E-state index in [0.29, 0.717) is 12.4 Å². The normalized spacial score (nSPS) is 10.9. The third-order valence-electron chi connectivity index (χ3n) is 2.19. The maximum Gasteiger partial charge on any atom is 0.360 e. The Labute approximate surface area is 109 Å². The Morgan fingerprint density at radius 2 is 2.28 bits per heavy atom. The number of carbonyl (C=O) groups is 1. The Hall–Kier alpha value is -1.69. The number of nitrogens with one attached hydrogen (secondary N) is 1. The van der Waals surface area contributed by atoms with E-state index < -0.39 is 5.97 Å². The van der Waals surface area contributed by atoms with Crippen molar-refractivity contribution in [3.05, 3.63) is 17.1 Å². The fourth-order valence-corrected chi connectivity index (χ4v) is 2.21. The molecule has 18 heavy (non-hydrogen) atoms. The Kier molecular flexibility index (Phi) is 3.76. The number of ether oxygens (including phenoxy) is 1. The lowest BCUT2D eigenvalue weighted by molar-refractivity contribution is 0.0521. The standard InChI is InChI=1S/C12H15N3O2S/c1-4-17-12(16)9-10(13-7(2)3)15-11-8(14-9)5-6-18-11/h5-7H,4H2,1-3H3,(H,13,15). The molecule has 0 unspecified atom stereocenters. The Bertz CT molecular complexity index is 565. The zero-order valence-electron chi connectivity index (χ0n) is 10.6. The van der Waals surface area contributed by atoms with E-state index in [0.717, 1.165) is 10.3 Å². The first-order valence-electron chi connectivity index (χ1n) is 5.80. The molecule has 6 heteroatoms. The summed E-state index contributed by atoms with van der Waals surface area (Å²) in [5, 5.41) is 5.03. The van der Waals surface area contributed by atoms with Crippen molar-refractivity contribution in [3.8, 4) is 0 Å². The summed E-state index contributed by atoms with van der Waals surface area (Å²) >= 11 is 1.50. The van der Waals surface area contributed by atoms with Gasteiger partial charge in [0, 0.05) is 6.04 Å². The van der Waals surface area contributed by atoms with Crippen LogP contribution < -0.4 is 5.32 Å². The summed E-state index contributed by atoms with van der Waals surface area (Å²) < 4.78 is 5.00. The number of hydrogen-bond donors (Lipinski definition) is 1. The molecular weight excluding hydrogens is 250 g/mol. The molecule has 0 aromatic carbocycles. The molecule has 0 atom stereocenters. The van der Waals surface area contributed by atoms with Gasteiger partial charge in [-0.05, 0) is 32.2 Å². The van der Waals surface area contributed by atoms with Crippen molar-refractivity contribution in [1.82, 2.24) is 9.97 Å². The lowest BCUT2D eigenvalue weighted by Gasteiger charge is -2.12. The van der Waals surface area contributed by atoms with Crippen LogP contribution in [0.3, 0.4) is 0 Å². The summed E-state index contributed by atoms with van der Waals surface area (Å²) in [7, 11) is 0. The predicted octanol–water partition coefficient (Wildman–Crippen LogP) is 2.69. The number of aromatic nitrogens is 2. The van der Waals surface area contributed by atoms with E-state index >= 15 is 0 Å². The number of fused-ring (bicyclic) bond motifs is 1. The van der Waals surface area contributed by atoms with E-state index in [2.05, 4.69) is 15.3 Å². The van der Waals surface area contributed by atoms with Crippen LogP contribution in [-0.4, -0.2) is 28.6 Å². The Balaban J connectivity index is 2.48. The maximum absolute atomic E-state index is 11.9. The van der Waals surface area contributed by atoms with Crippen LogP contribution in [0.2, 0.25) is 0 Å². The number of rotatable bonds is 4. The van der Waals surface area contributed by atoms with Crippen LogP contribution in [0.5, 0.6) is 0 Å². The lowest BCUT2D eigenvalue weighted by atomic mass is 10.3. The highest BCUT2D eigenvalue weighted by Crippen LogP contribution is 2.22. The van der Waals surface area contributed by atoms with Crippen molar-refractivity contribution in [2.45, 2.75) is 26.8 Å². The largest absolute Gasteiger partial charge is 0.461 e. The molecule has 5 nitrogen and oxygen atoms in total. The molecule has 2 heterocycles. The number of thiophene rings is 1. The van der Waals surface area contributed by atoms with Gasteiger partial charge in [0.15, 0.2) is 11.5 Å². The van der Waals surface area contributed by atoms with Gasteiger partial charge >= 0.3 is 5.97 Å². The number of nitrogens with zero attached hydrogens (tertiary/aromatic N) is 2. The number of carbonyl (C=O) groups excluding carboxylic acids is 1. The van der Waals surface area contributed by atoms with Crippen LogP contribution in [-0.2, 0) is 4.74 Å². The van der Waals surface area contributed by atoms with E-state index in [4.69, 9.17) is 4.74 Å². The maximum atomic E-state index is 11.9. The molecule has 0 spiro atoms. The smallest absolute Gasteiger partial charge is 0.360 e. The van der Waals surface area contributed by atoms with Crippen LogP contribution in [0.1, 0.15) is 31.3 Å². The van der Waals surface area contributed by atoms with Gasteiger partial charge in [-0.15, -0.1) is 11.3 Å². The molecule has 0 saturated carbocycles. The molecule has 0 radical (unpaired) electrons. The van der Waals surface area contributed by atoms with Crippen LogP contribution in [0.15, 0.2) is 11.4 Å². The van der Waals surface area contributed by atoms with Crippen LogP contribution in [0, 0.1) is 0 Å². The topological polar surface area (TPSA) is 64.1 Å². The van der Waals surface area contributed by atoms with Crippen molar-refractivity contribution in [2.24, 2.45) is 0 Å². The average Bonchev–Trinajstić information content (AvgIpc) is 2.74. The highest BCUT2D eigenvalue weighted by Gasteiger charge is 2.18. The third-order valence-corrected chi connectivity index (χ3v) is 2.98. The fraction of sp³-hybridized carbons (Fsp3) is 0.417. The van der Waals surface area contributed by atoms with Crippen molar-refractivity contribution in [2.75, 3.05) is 11.9 Å². The Morgan fingerprint density at radius 3 is 2.94 bits per heavy atom. The molecule has 2 aromatic heterocycles. The van der Waals surface area contributed by atoms with E-state index in [1.54, 1.807) is 6.92 Å². The zero-order valence-corrected chi connectivity index (χ0v) is 11.4. The minimum Gasteiger partial charge on any atom is -0.461 e. The molecule has 0 fully saturated rings. The van der Waals surface area contributed by atoms with Gasteiger partial charge in [0.1, 0.15) is 10.3 Å². The van der Waals surface area contributed by atoms with Crippen molar-refractivity contribution >= 4 is 33.5 Å². The van der Waals surface area contributed by atoms with Gasteiger partial charge in [-0.1, -0.05) is 0 Å². The summed E-state index contributed by atoms with van der Waals surface area (Å²) in [5.41, 5.74) is 0.966. The number of anilines is 1. The molecule has 0 saturated heterocycles. The SMILES string of the molecule is CCOC(=O)c1nc2ccsc2nc1NC(C)C. The van der Waals surface area contributed by atoms with E-state index in [9.17, 15) is 4.79 Å². The average molecular weight is 265 g/mol. The summed E-state index contributed by atoms with van der Waals surface area (Å²) in [6, 6.07) is 2.01. The second kappa shape index (κ2) is 5.30. The van der Waals surface area contributed by atoms with Crippen molar-refractivity contribution < 1.29 is 9.53 Å². The van der Waals surface area contributed by atoms with Gasteiger partial charge < -0.3 is 10.1 Å². The molecule has 2 aromatic rings. The molecular formula is C12H15N3O2S. The van der Waals surface area contributed by atoms with Gasteiger partial charge in [-0.25, -0.2) is 14.8 Å². The molecule has 0 bridgehead atoms. The van der Waals surface area contributed by atoms with Gasteiger partial charge in [0.25, 0.3) is 0 Å². The molecule has 2 rings (SSSR count). The quantitative estimate of drug-likeness (QED) is 0.861. The van der Waals surface area contributed by atoms with E-state index in [1.807, 2.05) is 25.3 Å². The summed E-state index contributed by atoms with van der Waals surface area (Å²) in [4.78, 5) is 21.4. The van der Waals surface area contributed by atoms with E-state index in [-0.39, 0.29) is 11.7 Å². The zero-order chi connectivity index (χ0) is 13.1.